The van der Waals surface area contributed by atoms with Crippen LogP contribution in [0.15, 0.2) is 76.5 Å². The molecule has 1 radical (unpaired) electrons. The molecule has 24 heavy (non-hydrogen) atoms. The molecule has 0 atom stereocenters. The van der Waals surface area contributed by atoms with E-state index in [0.29, 0.717) is 6.54 Å². The van der Waals surface area contributed by atoms with Crippen molar-refractivity contribution in [3.8, 4) is 0 Å². The van der Waals surface area contributed by atoms with Gasteiger partial charge in [-0.05, 0) is 42.0 Å². The van der Waals surface area contributed by atoms with Crippen LogP contribution in [-0.2, 0) is 6.54 Å². The molecule has 0 bridgehead atoms. The molecule has 3 aromatic rings. The monoisotopic (exact) mass is 333 g/mol. The van der Waals surface area contributed by atoms with E-state index < -0.39 is 0 Å². The molecule has 4 rings (SSSR count). The third-order valence-corrected chi connectivity index (χ3v) is 5.05. The summed E-state index contributed by atoms with van der Waals surface area (Å²) in [4.78, 5) is 15.2. The van der Waals surface area contributed by atoms with Gasteiger partial charge in [-0.1, -0.05) is 36.0 Å². The van der Waals surface area contributed by atoms with Crippen LogP contribution >= 0.6 is 11.8 Å². The highest BCUT2D eigenvalue weighted by molar-refractivity contribution is 7.99. The molecule has 0 amide bonds. The molecule has 117 valence electrons. The number of para-hydroxylation sites is 2. The van der Waals surface area contributed by atoms with E-state index in [1.807, 2.05) is 24.3 Å². The minimum Gasteiger partial charge on any atom is -0.335 e. The molecule has 0 aliphatic carbocycles. The highest BCUT2D eigenvalue weighted by Crippen LogP contribution is 2.48. The average molecular weight is 333 g/mol. The summed E-state index contributed by atoms with van der Waals surface area (Å²) >= 11 is 1.75. The third-order valence-electron chi connectivity index (χ3n) is 3.92. The Labute approximate surface area is 143 Å². The van der Waals surface area contributed by atoms with Crippen molar-refractivity contribution in [1.29, 1.82) is 0 Å². The molecule has 1 aliphatic heterocycles. The van der Waals surface area contributed by atoms with Crippen molar-refractivity contribution in [3.63, 3.8) is 0 Å². The summed E-state index contributed by atoms with van der Waals surface area (Å²) < 4.78 is 0. The number of fused-ring (bicyclic) bond motifs is 2. The van der Waals surface area contributed by atoms with Crippen molar-refractivity contribution in [2.24, 2.45) is 0 Å². The summed E-state index contributed by atoms with van der Waals surface area (Å²) in [5.41, 5.74) is 3.17. The van der Waals surface area contributed by atoms with Crippen LogP contribution in [0.2, 0.25) is 0 Å². The number of non-ortho nitro benzene ring substituents is 1. The van der Waals surface area contributed by atoms with Gasteiger partial charge in [-0.15, -0.1) is 0 Å². The van der Waals surface area contributed by atoms with Crippen molar-refractivity contribution in [2.45, 2.75) is 16.3 Å². The number of hydrogen-bond acceptors (Lipinski definition) is 4. The normalized spacial score (nSPS) is 12.4. The van der Waals surface area contributed by atoms with Crippen LogP contribution in [0.5, 0.6) is 0 Å². The van der Waals surface area contributed by atoms with Gasteiger partial charge in [0, 0.05) is 28.5 Å². The Hall–Kier alpha value is -2.79. The SMILES string of the molecule is O=[N+]([O-])c1c[c]cc(CN2c3ccccc3Sc3ccccc32)c1. The van der Waals surface area contributed by atoms with Gasteiger partial charge in [-0.3, -0.25) is 10.1 Å². The predicted molar refractivity (Wildman–Crippen MR) is 94.8 cm³/mol. The van der Waals surface area contributed by atoms with Crippen molar-refractivity contribution < 1.29 is 4.92 Å². The van der Waals surface area contributed by atoms with E-state index in [1.165, 1.54) is 15.9 Å². The Kier molecular flexibility index (Phi) is 3.70. The van der Waals surface area contributed by atoms with Gasteiger partial charge in [-0.25, -0.2) is 0 Å². The first kappa shape index (κ1) is 14.8. The van der Waals surface area contributed by atoms with Crippen LogP contribution < -0.4 is 4.90 Å². The maximum Gasteiger partial charge on any atom is 0.270 e. The molecule has 0 saturated carbocycles. The van der Waals surface area contributed by atoms with Gasteiger partial charge in [0.2, 0.25) is 0 Å². The molecule has 5 heteroatoms. The largest absolute Gasteiger partial charge is 0.335 e. The topological polar surface area (TPSA) is 46.4 Å². The Bertz CT molecular complexity index is 881. The molecule has 0 fully saturated rings. The summed E-state index contributed by atoms with van der Waals surface area (Å²) in [7, 11) is 0. The number of anilines is 2. The Morgan fingerprint density at radius 1 is 1.00 bits per heavy atom. The minimum atomic E-state index is -0.381. The van der Waals surface area contributed by atoms with E-state index in [1.54, 1.807) is 23.9 Å². The van der Waals surface area contributed by atoms with Crippen LogP contribution in [0.1, 0.15) is 5.56 Å². The first-order valence-electron chi connectivity index (χ1n) is 7.50. The zero-order valence-corrected chi connectivity index (χ0v) is 13.5. The molecule has 1 heterocycles. The Balaban J connectivity index is 1.78. The maximum atomic E-state index is 11.0. The molecule has 3 aromatic carbocycles. The average Bonchev–Trinajstić information content (AvgIpc) is 2.62. The van der Waals surface area contributed by atoms with Gasteiger partial charge < -0.3 is 4.90 Å². The first-order valence-corrected chi connectivity index (χ1v) is 8.32. The molecule has 0 aromatic heterocycles. The Morgan fingerprint density at radius 2 is 1.62 bits per heavy atom. The molecule has 0 unspecified atom stereocenters. The predicted octanol–water partition coefficient (Wildman–Crippen LogP) is 5.20. The lowest BCUT2D eigenvalue weighted by Crippen LogP contribution is -2.20. The fraction of sp³-hybridized carbons (Fsp3) is 0.0526. The summed E-state index contributed by atoms with van der Waals surface area (Å²) in [6.07, 6.45) is 0. The summed E-state index contributed by atoms with van der Waals surface area (Å²) in [6.45, 7) is 0.562. The lowest BCUT2D eigenvalue weighted by atomic mass is 10.1. The van der Waals surface area contributed by atoms with Crippen LogP contribution in [0.25, 0.3) is 0 Å². The van der Waals surface area contributed by atoms with E-state index >= 15 is 0 Å². The standard InChI is InChI=1S/C19H13N2O2S/c22-21(23)15-7-5-6-14(12-15)13-20-16-8-1-3-10-18(16)24-19-11-4-2-9-17(19)20/h1-4,6-12H,13H2. The van der Waals surface area contributed by atoms with Crippen LogP contribution in [0.3, 0.4) is 0 Å². The molecular weight excluding hydrogens is 320 g/mol. The molecular formula is C19H13N2O2S. The summed E-state index contributed by atoms with van der Waals surface area (Å²) in [5.74, 6) is 0. The summed E-state index contributed by atoms with van der Waals surface area (Å²) in [6, 6.07) is 24.1. The van der Waals surface area contributed by atoms with Gasteiger partial charge in [0.25, 0.3) is 5.69 Å². The number of nitrogens with zero attached hydrogens (tertiary/aromatic N) is 2. The van der Waals surface area contributed by atoms with Gasteiger partial charge >= 0.3 is 0 Å². The number of nitro benzene ring substituents is 1. The smallest absolute Gasteiger partial charge is 0.270 e. The second-order valence-electron chi connectivity index (χ2n) is 5.48. The molecule has 0 N–H and O–H groups in total. The van der Waals surface area contributed by atoms with Crippen molar-refractivity contribution in [2.75, 3.05) is 4.90 Å². The number of hydrogen-bond donors (Lipinski definition) is 0. The van der Waals surface area contributed by atoms with Gasteiger partial charge in [0.05, 0.1) is 16.3 Å². The number of nitro groups is 1. The van der Waals surface area contributed by atoms with Crippen LogP contribution in [-0.4, -0.2) is 4.92 Å². The quantitative estimate of drug-likeness (QED) is 0.488. The van der Waals surface area contributed by atoms with Crippen molar-refractivity contribution in [3.05, 3.63) is 88.5 Å². The lowest BCUT2D eigenvalue weighted by Gasteiger charge is -2.32. The fourth-order valence-electron chi connectivity index (χ4n) is 2.84. The first-order chi connectivity index (χ1) is 11.7. The van der Waals surface area contributed by atoms with Crippen LogP contribution in [0.4, 0.5) is 17.1 Å². The van der Waals surface area contributed by atoms with E-state index in [9.17, 15) is 10.1 Å². The lowest BCUT2D eigenvalue weighted by molar-refractivity contribution is -0.384. The highest BCUT2D eigenvalue weighted by atomic mass is 32.2. The van der Waals surface area contributed by atoms with Gasteiger partial charge in [0.1, 0.15) is 0 Å². The second kappa shape index (κ2) is 6.02. The van der Waals surface area contributed by atoms with Crippen molar-refractivity contribution >= 4 is 28.8 Å². The minimum absolute atomic E-state index is 0.0699. The molecule has 4 nitrogen and oxygen atoms in total. The highest BCUT2D eigenvalue weighted by Gasteiger charge is 2.23. The zero-order chi connectivity index (χ0) is 16.5. The van der Waals surface area contributed by atoms with Crippen molar-refractivity contribution in [1.82, 2.24) is 0 Å². The number of benzene rings is 3. The second-order valence-corrected chi connectivity index (χ2v) is 6.56. The van der Waals surface area contributed by atoms with E-state index in [0.717, 1.165) is 16.9 Å². The van der Waals surface area contributed by atoms with Gasteiger partial charge in [-0.2, -0.15) is 0 Å². The fourth-order valence-corrected chi connectivity index (χ4v) is 3.93. The Morgan fingerprint density at radius 3 is 2.25 bits per heavy atom. The molecule has 1 aliphatic rings. The van der Waals surface area contributed by atoms with Gasteiger partial charge in [0.15, 0.2) is 0 Å². The third kappa shape index (κ3) is 2.63. The number of rotatable bonds is 3. The van der Waals surface area contributed by atoms with Crippen LogP contribution in [0, 0.1) is 16.2 Å². The van der Waals surface area contributed by atoms with E-state index in [-0.39, 0.29) is 10.6 Å². The zero-order valence-electron chi connectivity index (χ0n) is 12.7. The van der Waals surface area contributed by atoms with E-state index in [4.69, 9.17) is 0 Å². The molecule has 0 saturated heterocycles. The summed E-state index contributed by atoms with van der Waals surface area (Å²) in [5, 5.41) is 11.0. The maximum absolute atomic E-state index is 11.0. The van der Waals surface area contributed by atoms with E-state index in [2.05, 4.69) is 35.2 Å². The molecule has 0 spiro atoms.